The fourth-order valence-electron chi connectivity index (χ4n) is 0.675. The molecule has 0 aliphatic carbocycles. The van der Waals surface area contributed by atoms with Gasteiger partial charge in [-0.2, -0.15) is 0 Å². The standard InChI is InChI=1S/C9H16FN3O2/c1-6(11)13-5-7(10)3-4-9(2,12)8(14)15/h3H,4-5,12H2,1-2H3,(H2,11,13)(H,14,15)/b7-3+/t9-/m0/s1. The Bertz CT molecular complexity index is 294. The Morgan fingerprint density at radius 1 is 1.67 bits per heavy atom. The van der Waals surface area contributed by atoms with Gasteiger partial charge in [-0.3, -0.25) is 9.79 Å². The topological polar surface area (TPSA) is 102 Å². The van der Waals surface area contributed by atoms with Crippen LogP contribution in [0.15, 0.2) is 16.9 Å². The number of aliphatic imine (C=N–C) groups is 1. The number of halogens is 1. The van der Waals surface area contributed by atoms with Crippen LogP contribution in [0.4, 0.5) is 4.39 Å². The van der Waals surface area contributed by atoms with Crippen molar-refractivity contribution in [2.24, 2.45) is 16.5 Å². The Morgan fingerprint density at radius 3 is 2.60 bits per heavy atom. The molecule has 5 N–H and O–H groups in total. The molecule has 0 unspecified atom stereocenters. The van der Waals surface area contributed by atoms with Gasteiger partial charge in [0.1, 0.15) is 11.4 Å². The van der Waals surface area contributed by atoms with Crippen LogP contribution < -0.4 is 11.5 Å². The second-order valence-electron chi connectivity index (χ2n) is 3.54. The number of hydrogen-bond donors (Lipinski definition) is 3. The molecule has 86 valence electrons. The molecular weight excluding hydrogens is 201 g/mol. The Morgan fingerprint density at radius 2 is 2.20 bits per heavy atom. The van der Waals surface area contributed by atoms with Crippen molar-refractivity contribution in [3.63, 3.8) is 0 Å². The van der Waals surface area contributed by atoms with Gasteiger partial charge in [0.05, 0.1) is 12.4 Å². The summed E-state index contributed by atoms with van der Waals surface area (Å²) in [5.41, 5.74) is 9.14. The van der Waals surface area contributed by atoms with Crippen molar-refractivity contribution in [1.29, 1.82) is 0 Å². The van der Waals surface area contributed by atoms with E-state index in [1.165, 1.54) is 13.8 Å². The van der Waals surface area contributed by atoms with Crippen molar-refractivity contribution < 1.29 is 14.3 Å². The largest absolute Gasteiger partial charge is 0.480 e. The first-order chi connectivity index (χ1) is 6.75. The zero-order chi connectivity index (χ0) is 12.1. The number of carboxylic acids is 1. The summed E-state index contributed by atoms with van der Waals surface area (Å²) < 4.78 is 13.0. The van der Waals surface area contributed by atoms with Crippen molar-refractivity contribution in [1.82, 2.24) is 0 Å². The molecule has 0 spiro atoms. The molecule has 0 aliphatic heterocycles. The zero-order valence-electron chi connectivity index (χ0n) is 8.83. The Hall–Kier alpha value is -1.43. The van der Waals surface area contributed by atoms with Crippen LogP contribution in [0, 0.1) is 0 Å². The third kappa shape index (κ3) is 5.79. The van der Waals surface area contributed by atoms with Gasteiger partial charge in [-0.25, -0.2) is 4.39 Å². The summed E-state index contributed by atoms with van der Waals surface area (Å²) in [6, 6.07) is 0. The lowest BCUT2D eigenvalue weighted by Gasteiger charge is -2.16. The molecule has 0 saturated heterocycles. The number of nitrogens with two attached hydrogens (primary N) is 2. The molecule has 0 aromatic carbocycles. The highest BCUT2D eigenvalue weighted by molar-refractivity contribution is 5.78. The van der Waals surface area contributed by atoms with Crippen LogP contribution in [0.1, 0.15) is 20.3 Å². The van der Waals surface area contributed by atoms with E-state index >= 15 is 0 Å². The molecule has 0 aromatic rings. The van der Waals surface area contributed by atoms with Crippen LogP contribution in [0.25, 0.3) is 0 Å². The van der Waals surface area contributed by atoms with Crippen LogP contribution in [0.2, 0.25) is 0 Å². The smallest absolute Gasteiger partial charge is 0.323 e. The summed E-state index contributed by atoms with van der Waals surface area (Å²) in [4.78, 5) is 14.2. The first-order valence-corrected chi connectivity index (χ1v) is 4.39. The van der Waals surface area contributed by atoms with Crippen LogP contribution >= 0.6 is 0 Å². The maximum Gasteiger partial charge on any atom is 0.323 e. The monoisotopic (exact) mass is 217 g/mol. The normalized spacial score (nSPS) is 17.3. The first kappa shape index (κ1) is 13.6. The summed E-state index contributed by atoms with van der Waals surface area (Å²) in [6.45, 7) is 2.67. The van der Waals surface area contributed by atoms with E-state index in [-0.39, 0.29) is 18.8 Å². The van der Waals surface area contributed by atoms with Crippen LogP contribution in [0.3, 0.4) is 0 Å². The molecule has 15 heavy (non-hydrogen) atoms. The quantitative estimate of drug-likeness (QED) is 0.458. The van der Waals surface area contributed by atoms with E-state index in [2.05, 4.69) is 4.99 Å². The minimum absolute atomic E-state index is 0.0900. The van der Waals surface area contributed by atoms with Crippen LogP contribution in [-0.2, 0) is 4.79 Å². The summed E-state index contributed by atoms with van der Waals surface area (Å²) in [7, 11) is 0. The maximum absolute atomic E-state index is 13.0. The molecular formula is C9H16FN3O2. The molecule has 0 radical (unpaired) electrons. The molecule has 1 atom stereocenters. The molecule has 5 nitrogen and oxygen atoms in total. The van der Waals surface area contributed by atoms with Gasteiger partial charge in [0, 0.05) is 0 Å². The van der Waals surface area contributed by atoms with Gasteiger partial charge >= 0.3 is 5.97 Å². The highest BCUT2D eigenvalue weighted by atomic mass is 19.1. The SMILES string of the molecule is CC(N)=NC/C(F)=C\C[C@](C)(N)C(=O)O. The third-order valence-corrected chi connectivity index (χ3v) is 1.72. The van der Waals surface area contributed by atoms with E-state index in [9.17, 15) is 9.18 Å². The first-order valence-electron chi connectivity index (χ1n) is 4.39. The predicted octanol–water partition coefficient (Wildman–Crippen LogP) is 0.409. The summed E-state index contributed by atoms with van der Waals surface area (Å²) in [6.07, 6.45) is 1.02. The minimum Gasteiger partial charge on any atom is -0.480 e. The molecule has 0 aliphatic rings. The van der Waals surface area contributed by atoms with Gasteiger partial charge in [-0.05, 0) is 26.3 Å². The number of nitrogens with zero attached hydrogens (tertiary/aromatic N) is 1. The van der Waals surface area contributed by atoms with Crippen molar-refractivity contribution in [3.8, 4) is 0 Å². The van der Waals surface area contributed by atoms with E-state index in [0.29, 0.717) is 0 Å². The maximum atomic E-state index is 13.0. The highest BCUT2D eigenvalue weighted by Gasteiger charge is 2.26. The summed E-state index contributed by atoms with van der Waals surface area (Å²) in [5, 5.41) is 8.65. The fraction of sp³-hybridized carbons (Fsp3) is 0.556. The summed E-state index contributed by atoms with van der Waals surface area (Å²) in [5.74, 6) is -1.45. The number of amidine groups is 1. The van der Waals surface area contributed by atoms with E-state index in [0.717, 1.165) is 6.08 Å². The van der Waals surface area contributed by atoms with Crippen molar-refractivity contribution >= 4 is 11.8 Å². The van der Waals surface area contributed by atoms with Crippen LogP contribution in [0.5, 0.6) is 0 Å². The number of carboxylic acid groups (broad SMARTS) is 1. The Balaban J connectivity index is 4.28. The van der Waals surface area contributed by atoms with E-state index in [1.54, 1.807) is 0 Å². The minimum atomic E-state index is -1.46. The molecule has 0 heterocycles. The van der Waals surface area contributed by atoms with Crippen molar-refractivity contribution in [2.75, 3.05) is 6.54 Å². The predicted molar refractivity (Wildman–Crippen MR) is 56.2 cm³/mol. The van der Waals surface area contributed by atoms with Gasteiger partial charge in [0.2, 0.25) is 0 Å². The Kier molecular flexibility index (Phi) is 4.93. The third-order valence-electron chi connectivity index (χ3n) is 1.72. The number of aliphatic carboxylic acids is 1. The van der Waals surface area contributed by atoms with Crippen LogP contribution in [-0.4, -0.2) is 29.0 Å². The average Bonchev–Trinajstić information content (AvgIpc) is 2.11. The van der Waals surface area contributed by atoms with E-state index < -0.39 is 17.3 Å². The molecule has 0 bridgehead atoms. The molecule has 0 saturated carbocycles. The van der Waals surface area contributed by atoms with Crippen molar-refractivity contribution in [2.45, 2.75) is 25.8 Å². The molecule has 0 aromatic heterocycles. The van der Waals surface area contributed by atoms with Gasteiger partial charge in [0.25, 0.3) is 0 Å². The van der Waals surface area contributed by atoms with Gasteiger partial charge in [0.15, 0.2) is 0 Å². The lowest BCUT2D eigenvalue weighted by Crippen LogP contribution is -2.44. The van der Waals surface area contributed by atoms with Gasteiger partial charge in [-0.15, -0.1) is 0 Å². The second-order valence-corrected chi connectivity index (χ2v) is 3.54. The molecule has 0 rings (SSSR count). The number of hydrogen-bond acceptors (Lipinski definition) is 3. The lowest BCUT2D eigenvalue weighted by atomic mass is 9.99. The second kappa shape index (κ2) is 5.45. The van der Waals surface area contributed by atoms with Gasteiger partial charge in [-0.1, -0.05) is 0 Å². The summed E-state index contributed by atoms with van der Waals surface area (Å²) >= 11 is 0. The molecule has 0 amide bonds. The zero-order valence-corrected chi connectivity index (χ0v) is 8.83. The molecule has 6 heteroatoms. The highest BCUT2D eigenvalue weighted by Crippen LogP contribution is 2.09. The Labute approximate surface area is 87.7 Å². The number of carbonyl (C=O) groups is 1. The van der Waals surface area contributed by atoms with Gasteiger partial charge < -0.3 is 16.6 Å². The number of rotatable bonds is 5. The lowest BCUT2D eigenvalue weighted by molar-refractivity contribution is -0.142. The van der Waals surface area contributed by atoms with E-state index in [4.69, 9.17) is 16.6 Å². The van der Waals surface area contributed by atoms with Crippen molar-refractivity contribution in [3.05, 3.63) is 11.9 Å². The van der Waals surface area contributed by atoms with E-state index in [1.807, 2.05) is 0 Å². The molecule has 0 fully saturated rings. The fourth-order valence-corrected chi connectivity index (χ4v) is 0.675. The average molecular weight is 217 g/mol.